The van der Waals surface area contributed by atoms with Gasteiger partial charge in [-0.25, -0.2) is 4.39 Å². The third-order valence-corrected chi connectivity index (χ3v) is 6.70. The third kappa shape index (κ3) is 6.43. The summed E-state index contributed by atoms with van der Waals surface area (Å²) in [6, 6.07) is 18.4. The highest BCUT2D eigenvalue weighted by Gasteiger charge is 2.35. The van der Waals surface area contributed by atoms with Crippen LogP contribution in [0.4, 0.5) is 4.39 Å². The average molecular weight is 510 g/mol. The standard InChI is InChI=1S/C29H29ClFNO4/c1-19-4-3-5-20(12-19)10-11-32(18-28(34)35)27(33)15-21-7-9-26-23(13-21)17-29(2,36-26)16-22-6-8-24(30)25(31)14-22/h3-9,12-14H,10-11,15-18H2,1-2H3,(H,34,35). The first-order valence-corrected chi connectivity index (χ1v) is 12.3. The summed E-state index contributed by atoms with van der Waals surface area (Å²) < 4.78 is 20.1. The molecule has 0 saturated carbocycles. The summed E-state index contributed by atoms with van der Waals surface area (Å²) in [5.74, 6) is -0.986. The molecular weight excluding hydrogens is 481 g/mol. The zero-order valence-corrected chi connectivity index (χ0v) is 21.1. The van der Waals surface area contributed by atoms with E-state index in [1.54, 1.807) is 12.1 Å². The number of carboxylic acid groups (broad SMARTS) is 1. The molecule has 4 rings (SSSR count). The molecule has 1 amide bonds. The Morgan fingerprint density at radius 1 is 1.08 bits per heavy atom. The maximum atomic E-state index is 13.9. The SMILES string of the molecule is Cc1cccc(CCN(CC(=O)O)C(=O)Cc2ccc3c(c2)CC(C)(Cc2ccc(Cl)c(F)c2)O3)c1. The molecule has 1 atom stereocenters. The lowest BCUT2D eigenvalue weighted by atomic mass is 9.91. The van der Waals surface area contributed by atoms with E-state index in [-0.39, 0.29) is 23.9 Å². The van der Waals surface area contributed by atoms with Gasteiger partial charge in [0.15, 0.2) is 0 Å². The van der Waals surface area contributed by atoms with Gasteiger partial charge < -0.3 is 14.7 Å². The van der Waals surface area contributed by atoms with Gasteiger partial charge in [0.2, 0.25) is 5.91 Å². The maximum Gasteiger partial charge on any atom is 0.323 e. The fraction of sp³-hybridized carbons (Fsp3) is 0.310. The summed E-state index contributed by atoms with van der Waals surface area (Å²) in [4.78, 5) is 25.9. The van der Waals surface area contributed by atoms with E-state index in [4.69, 9.17) is 16.3 Å². The Morgan fingerprint density at radius 2 is 1.86 bits per heavy atom. The first kappa shape index (κ1) is 25.7. The molecule has 0 radical (unpaired) electrons. The number of aliphatic carboxylic acids is 1. The predicted molar refractivity (Wildman–Crippen MR) is 137 cm³/mol. The van der Waals surface area contributed by atoms with Crippen LogP contribution in [0, 0.1) is 12.7 Å². The molecule has 3 aromatic carbocycles. The Labute approximate surface area is 215 Å². The van der Waals surface area contributed by atoms with Gasteiger partial charge >= 0.3 is 5.97 Å². The Bertz CT molecular complexity index is 1290. The lowest BCUT2D eigenvalue weighted by Crippen LogP contribution is -2.38. The molecule has 1 unspecified atom stereocenters. The Morgan fingerprint density at radius 3 is 2.58 bits per heavy atom. The van der Waals surface area contributed by atoms with Crippen LogP contribution in [0.3, 0.4) is 0 Å². The fourth-order valence-electron chi connectivity index (χ4n) is 4.74. The number of nitrogens with zero attached hydrogens (tertiary/aromatic N) is 1. The number of carbonyl (C=O) groups excluding carboxylic acids is 1. The minimum Gasteiger partial charge on any atom is -0.487 e. The fourth-order valence-corrected chi connectivity index (χ4v) is 4.86. The second kappa shape index (κ2) is 10.7. The summed E-state index contributed by atoms with van der Waals surface area (Å²) >= 11 is 5.80. The van der Waals surface area contributed by atoms with Crippen LogP contribution in [0.15, 0.2) is 60.7 Å². The van der Waals surface area contributed by atoms with Crippen molar-refractivity contribution < 1.29 is 23.8 Å². The van der Waals surface area contributed by atoms with Crippen molar-refractivity contribution in [2.45, 2.75) is 45.1 Å². The highest BCUT2D eigenvalue weighted by Crippen LogP contribution is 2.38. The zero-order valence-electron chi connectivity index (χ0n) is 20.4. The Kier molecular flexibility index (Phi) is 7.65. The molecule has 1 N–H and O–H groups in total. The van der Waals surface area contributed by atoms with Crippen LogP contribution in [0.25, 0.3) is 0 Å². The maximum absolute atomic E-state index is 13.9. The number of rotatable bonds is 9. The first-order chi connectivity index (χ1) is 17.1. The van der Waals surface area contributed by atoms with Crippen LogP contribution in [0.5, 0.6) is 5.75 Å². The molecule has 0 spiro atoms. The van der Waals surface area contributed by atoms with Crippen molar-refractivity contribution >= 4 is 23.5 Å². The van der Waals surface area contributed by atoms with Crippen molar-refractivity contribution in [3.63, 3.8) is 0 Å². The van der Waals surface area contributed by atoms with Crippen molar-refractivity contribution in [2.75, 3.05) is 13.1 Å². The van der Waals surface area contributed by atoms with Crippen LogP contribution in [0.2, 0.25) is 5.02 Å². The number of fused-ring (bicyclic) bond motifs is 1. The van der Waals surface area contributed by atoms with Crippen LogP contribution >= 0.6 is 11.6 Å². The average Bonchev–Trinajstić information content (AvgIpc) is 3.13. The van der Waals surface area contributed by atoms with E-state index in [1.807, 2.05) is 56.3 Å². The summed E-state index contributed by atoms with van der Waals surface area (Å²) in [7, 11) is 0. The van der Waals surface area contributed by atoms with Gasteiger partial charge in [-0.05, 0) is 60.7 Å². The number of aryl methyl sites for hydroxylation is 1. The third-order valence-electron chi connectivity index (χ3n) is 6.39. The molecule has 5 nitrogen and oxygen atoms in total. The quantitative estimate of drug-likeness (QED) is 0.418. The van der Waals surface area contributed by atoms with Gasteiger partial charge in [0, 0.05) is 19.4 Å². The molecule has 1 aliphatic heterocycles. The molecule has 0 fully saturated rings. The van der Waals surface area contributed by atoms with E-state index in [2.05, 4.69) is 0 Å². The van der Waals surface area contributed by atoms with E-state index >= 15 is 0 Å². The van der Waals surface area contributed by atoms with Crippen molar-refractivity contribution in [2.24, 2.45) is 0 Å². The van der Waals surface area contributed by atoms with Gasteiger partial charge in [-0.3, -0.25) is 9.59 Å². The van der Waals surface area contributed by atoms with Crippen molar-refractivity contribution in [1.29, 1.82) is 0 Å². The molecule has 1 heterocycles. The van der Waals surface area contributed by atoms with E-state index < -0.39 is 17.4 Å². The van der Waals surface area contributed by atoms with Gasteiger partial charge in [-0.2, -0.15) is 0 Å². The van der Waals surface area contributed by atoms with E-state index in [0.29, 0.717) is 25.8 Å². The van der Waals surface area contributed by atoms with Gasteiger partial charge in [0.1, 0.15) is 23.7 Å². The molecule has 0 bridgehead atoms. The summed E-state index contributed by atoms with van der Waals surface area (Å²) in [5.41, 5.74) is 4.20. The molecule has 0 saturated heterocycles. The molecule has 3 aromatic rings. The van der Waals surface area contributed by atoms with Crippen molar-refractivity contribution in [3.8, 4) is 5.75 Å². The normalized spacial score (nSPS) is 16.3. The van der Waals surface area contributed by atoms with Crippen LogP contribution in [-0.4, -0.2) is 40.6 Å². The van der Waals surface area contributed by atoms with Crippen molar-refractivity contribution in [3.05, 3.63) is 99.3 Å². The molecular formula is C29H29ClFNO4. The second-order valence-corrected chi connectivity index (χ2v) is 10.1. The highest BCUT2D eigenvalue weighted by atomic mass is 35.5. The van der Waals surface area contributed by atoms with Gasteiger partial charge in [-0.15, -0.1) is 0 Å². The highest BCUT2D eigenvalue weighted by molar-refractivity contribution is 6.30. The van der Waals surface area contributed by atoms with E-state index in [0.717, 1.165) is 33.6 Å². The molecule has 188 valence electrons. The minimum atomic E-state index is -1.04. The Balaban J connectivity index is 1.42. The summed E-state index contributed by atoms with van der Waals surface area (Å²) in [5, 5.41) is 9.42. The van der Waals surface area contributed by atoms with Crippen molar-refractivity contribution in [1.82, 2.24) is 4.90 Å². The number of carboxylic acids is 1. The number of carbonyl (C=O) groups is 2. The zero-order chi connectivity index (χ0) is 25.9. The van der Waals surface area contributed by atoms with Crippen LogP contribution in [-0.2, 0) is 35.3 Å². The second-order valence-electron chi connectivity index (χ2n) is 9.72. The number of ether oxygens (including phenoxy) is 1. The smallest absolute Gasteiger partial charge is 0.323 e. The van der Waals surface area contributed by atoms with E-state index in [1.165, 1.54) is 11.0 Å². The summed E-state index contributed by atoms with van der Waals surface area (Å²) in [6.07, 6.45) is 1.81. The van der Waals surface area contributed by atoms with Gasteiger partial charge in [-0.1, -0.05) is 59.6 Å². The largest absolute Gasteiger partial charge is 0.487 e. The molecule has 0 aliphatic carbocycles. The molecule has 36 heavy (non-hydrogen) atoms. The van der Waals surface area contributed by atoms with Gasteiger partial charge in [0.25, 0.3) is 0 Å². The predicted octanol–water partition coefficient (Wildman–Crippen LogP) is 5.42. The van der Waals surface area contributed by atoms with Crippen LogP contribution < -0.4 is 4.74 Å². The van der Waals surface area contributed by atoms with Gasteiger partial charge in [0.05, 0.1) is 11.4 Å². The van der Waals surface area contributed by atoms with Crippen LogP contribution in [0.1, 0.15) is 34.7 Å². The monoisotopic (exact) mass is 509 g/mol. The molecule has 1 aliphatic rings. The lowest BCUT2D eigenvalue weighted by molar-refractivity contribution is -0.144. The number of amides is 1. The summed E-state index contributed by atoms with van der Waals surface area (Å²) in [6.45, 7) is 3.97. The Hall–Kier alpha value is -3.38. The minimum absolute atomic E-state index is 0.0877. The number of halogens is 2. The number of hydrogen-bond donors (Lipinski definition) is 1. The topological polar surface area (TPSA) is 66.8 Å². The number of benzene rings is 3. The molecule has 7 heteroatoms. The molecule has 0 aromatic heterocycles. The van der Waals surface area contributed by atoms with E-state index in [9.17, 15) is 19.1 Å². The lowest BCUT2D eigenvalue weighted by Gasteiger charge is -2.24. The first-order valence-electron chi connectivity index (χ1n) is 11.9. The number of hydrogen-bond acceptors (Lipinski definition) is 3.